The summed E-state index contributed by atoms with van der Waals surface area (Å²) in [4.78, 5) is 21.1. The van der Waals surface area contributed by atoms with Crippen molar-refractivity contribution >= 4 is 11.6 Å². The quantitative estimate of drug-likeness (QED) is 0.716. The van der Waals surface area contributed by atoms with E-state index in [-0.39, 0.29) is 5.91 Å². The molecular weight excluding hydrogens is 340 g/mol. The van der Waals surface area contributed by atoms with Gasteiger partial charge in [0.1, 0.15) is 5.75 Å². The Balaban J connectivity index is 1.39. The smallest absolute Gasteiger partial charge is 0.253 e. The number of anilines is 1. The minimum atomic E-state index is 0.0810. The molecule has 0 radical (unpaired) electrons. The van der Waals surface area contributed by atoms with E-state index in [0.29, 0.717) is 18.7 Å². The molecule has 2 aromatic carbocycles. The van der Waals surface area contributed by atoms with Gasteiger partial charge in [0.25, 0.3) is 5.91 Å². The average molecular weight is 362 g/mol. The molecule has 0 spiro atoms. The lowest BCUT2D eigenvalue weighted by Crippen LogP contribution is -2.48. The van der Waals surface area contributed by atoms with Crippen LogP contribution < -0.4 is 9.64 Å². The van der Waals surface area contributed by atoms with Gasteiger partial charge in [0.2, 0.25) is 0 Å². The molecule has 1 aliphatic rings. The van der Waals surface area contributed by atoms with Gasteiger partial charge in [0, 0.05) is 61.6 Å². The lowest BCUT2D eigenvalue weighted by Gasteiger charge is -2.36. The molecule has 0 aliphatic carbocycles. The molecule has 6 nitrogen and oxygen atoms in total. The molecule has 6 heteroatoms. The SMILES string of the molecule is COc1cccc(N2CCN(C(=O)c3ccc(-n4ccnc4)cc3)CC2)c1. The Labute approximate surface area is 158 Å². The summed E-state index contributed by atoms with van der Waals surface area (Å²) in [6.45, 7) is 3.04. The van der Waals surface area contributed by atoms with Crippen molar-refractivity contribution in [3.8, 4) is 11.4 Å². The number of imidazole rings is 1. The molecule has 0 N–H and O–H groups in total. The number of hydrogen-bond acceptors (Lipinski definition) is 4. The van der Waals surface area contributed by atoms with E-state index in [0.717, 1.165) is 30.2 Å². The van der Waals surface area contributed by atoms with Crippen molar-refractivity contribution in [1.82, 2.24) is 14.5 Å². The van der Waals surface area contributed by atoms with Crippen molar-refractivity contribution in [2.45, 2.75) is 0 Å². The Morgan fingerprint density at radius 2 is 1.78 bits per heavy atom. The molecule has 0 atom stereocenters. The standard InChI is InChI=1S/C21H22N4O2/c1-27-20-4-2-3-19(15-20)23-11-13-24(14-12-23)21(26)17-5-7-18(8-6-17)25-10-9-22-16-25/h2-10,15-16H,11-14H2,1H3. The van der Waals surface area contributed by atoms with Gasteiger partial charge in [0.15, 0.2) is 0 Å². The fourth-order valence-electron chi connectivity index (χ4n) is 3.35. The number of methoxy groups -OCH3 is 1. The van der Waals surface area contributed by atoms with Crippen molar-refractivity contribution in [1.29, 1.82) is 0 Å². The van der Waals surface area contributed by atoms with Crippen LogP contribution in [0.3, 0.4) is 0 Å². The Morgan fingerprint density at radius 1 is 1.00 bits per heavy atom. The first kappa shape index (κ1) is 17.1. The van der Waals surface area contributed by atoms with E-state index in [9.17, 15) is 4.79 Å². The van der Waals surface area contributed by atoms with Gasteiger partial charge in [0.05, 0.1) is 13.4 Å². The van der Waals surface area contributed by atoms with Gasteiger partial charge in [-0.3, -0.25) is 4.79 Å². The summed E-state index contributed by atoms with van der Waals surface area (Å²) in [7, 11) is 1.67. The first-order chi connectivity index (χ1) is 13.2. The summed E-state index contributed by atoms with van der Waals surface area (Å²) < 4.78 is 7.22. The van der Waals surface area contributed by atoms with Crippen LogP contribution in [-0.4, -0.2) is 53.6 Å². The molecule has 3 aromatic rings. The first-order valence-electron chi connectivity index (χ1n) is 9.01. The number of ether oxygens (including phenoxy) is 1. The molecule has 1 aliphatic heterocycles. The molecule has 0 saturated carbocycles. The van der Waals surface area contributed by atoms with Crippen molar-refractivity contribution in [2.75, 3.05) is 38.2 Å². The molecule has 138 valence electrons. The Bertz CT molecular complexity index is 898. The number of benzene rings is 2. The van der Waals surface area contributed by atoms with Crippen molar-refractivity contribution in [3.05, 3.63) is 72.8 Å². The third-order valence-electron chi connectivity index (χ3n) is 4.90. The minimum Gasteiger partial charge on any atom is -0.497 e. The first-order valence-corrected chi connectivity index (χ1v) is 9.01. The average Bonchev–Trinajstić information content (AvgIpc) is 3.28. The molecule has 0 bridgehead atoms. The zero-order valence-corrected chi connectivity index (χ0v) is 15.3. The highest BCUT2D eigenvalue weighted by Gasteiger charge is 2.22. The second kappa shape index (κ2) is 7.53. The van der Waals surface area contributed by atoms with Crippen LogP contribution in [0.1, 0.15) is 10.4 Å². The predicted molar refractivity (Wildman–Crippen MR) is 105 cm³/mol. The maximum atomic E-state index is 12.8. The highest BCUT2D eigenvalue weighted by molar-refractivity contribution is 5.94. The summed E-state index contributed by atoms with van der Waals surface area (Å²) in [5, 5.41) is 0. The van der Waals surface area contributed by atoms with Gasteiger partial charge in [-0.1, -0.05) is 6.07 Å². The second-order valence-electron chi connectivity index (χ2n) is 6.50. The zero-order chi connectivity index (χ0) is 18.6. The number of carbonyl (C=O) groups excluding carboxylic acids is 1. The van der Waals surface area contributed by atoms with E-state index >= 15 is 0 Å². The summed E-state index contributed by atoms with van der Waals surface area (Å²) in [6.07, 6.45) is 5.37. The molecule has 1 fully saturated rings. The van der Waals surface area contributed by atoms with Gasteiger partial charge in [-0.2, -0.15) is 0 Å². The summed E-state index contributed by atoms with van der Waals surface area (Å²) in [6, 6.07) is 15.7. The topological polar surface area (TPSA) is 50.6 Å². The van der Waals surface area contributed by atoms with Crippen molar-refractivity contribution < 1.29 is 9.53 Å². The maximum absolute atomic E-state index is 12.8. The van der Waals surface area contributed by atoms with E-state index in [2.05, 4.69) is 16.0 Å². The van der Waals surface area contributed by atoms with Crippen molar-refractivity contribution in [3.63, 3.8) is 0 Å². The van der Waals surface area contributed by atoms with E-state index in [1.165, 1.54) is 0 Å². The molecule has 1 amide bonds. The monoisotopic (exact) mass is 362 g/mol. The molecule has 1 saturated heterocycles. The van der Waals surface area contributed by atoms with Gasteiger partial charge in [-0.15, -0.1) is 0 Å². The van der Waals surface area contributed by atoms with Crippen LogP contribution in [0.2, 0.25) is 0 Å². The van der Waals surface area contributed by atoms with Crippen molar-refractivity contribution in [2.24, 2.45) is 0 Å². The lowest BCUT2D eigenvalue weighted by molar-refractivity contribution is 0.0747. The molecule has 0 unspecified atom stereocenters. The molecule has 2 heterocycles. The summed E-state index contributed by atoms with van der Waals surface area (Å²) >= 11 is 0. The Kier molecular flexibility index (Phi) is 4.78. The van der Waals surface area contributed by atoms with Gasteiger partial charge in [-0.25, -0.2) is 4.98 Å². The van der Waals surface area contributed by atoms with Crippen LogP contribution in [0.4, 0.5) is 5.69 Å². The van der Waals surface area contributed by atoms with Gasteiger partial charge < -0.3 is 19.1 Å². The van der Waals surface area contributed by atoms with Gasteiger partial charge >= 0.3 is 0 Å². The fourth-order valence-corrected chi connectivity index (χ4v) is 3.35. The third kappa shape index (κ3) is 3.65. The highest BCUT2D eigenvalue weighted by atomic mass is 16.5. The predicted octanol–water partition coefficient (Wildman–Crippen LogP) is 2.84. The van der Waals surface area contributed by atoms with E-state index < -0.39 is 0 Å². The van der Waals surface area contributed by atoms with Crippen LogP contribution in [0.25, 0.3) is 5.69 Å². The fraction of sp³-hybridized carbons (Fsp3) is 0.238. The highest BCUT2D eigenvalue weighted by Crippen LogP contribution is 2.22. The summed E-state index contributed by atoms with van der Waals surface area (Å²) in [5.41, 5.74) is 2.84. The van der Waals surface area contributed by atoms with Crippen LogP contribution in [-0.2, 0) is 0 Å². The van der Waals surface area contributed by atoms with Crippen LogP contribution >= 0.6 is 0 Å². The Morgan fingerprint density at radius 3 is 2.44 bits per heavy atom. The minimum absolute atomic E-state index is 0.0810. The lowest BCUT2D eigenvalue weighted by atomic mass is 10.1. The summed E-state index contributed by atoms with van der Waals surface area (Å²) in [5.74, 6) is 0.932. The number of hydrogen-bond donors (Lipinski definition) is 0. The van der Waals surface area contributed by atoms with Crippen LogP contribution in [0, 0.1) is 0 Å². The van der Waals surface area contributed by atoms with Crippen LogP contribution in [0.15, 0.2) is 67.3 Å². The normalized spacial score (nSPS) is 14.3. The number of piperazine rings is 1. The molecule has 4 rings (SSSR count). The number of carbonyl (C=O) groups is 1. The van der Waals surface area contributed by atoms with Crippen LogP contribution in [0.5, 0.6) is 5.75 Å². The van der Waals surface area contributed by atoms with E-state index in [4.69, 9.17) is 4.74 Å². The number of rotatable bonds is 4. The largest absolute Gasteiger partial charge is 0.497 e. The van der Waals surface area contributed by atoms with E-state index in [1.807, 2.05) is 58.1 Å². The van der Waals surface area contributed by atoms with E-state index in [1.54, 1.807) is 19.6 Å². The molecule has 27 heavy (non-hydrogen) atoms. The third-order valence-corrected chi connectivity index (χ3v) is 4.90. The second-order valence-corrected chi connectivity index (χ2v) is 6.50. The number of aromatic nitrogens is 2. The molecule has 1 aromatic heterocycles. The Hall–Kier alpha value is -3.28. The van der Waals surface area contributed by atoms with Gasteiger partial charge in [-0.05, 0) is 36.4 Å². The molecular formula is C21H22N4O2. The number of nitrogens with zero attached hydrogens (tertiary/aromatic N) is 4. The zero-order valence-electron chi connectivity index (χ0n) is 15.3. The number of amides is 1. The maximum Gasteiger partial charge on any atom is 0.253 e.